The predicted molar refractivity (Wildman–Crippen MR) is 200 cm³/mol. The smallest absolute Gasteiger partial charge is 0.338 e. The van der Waals surface area contributed by atoms with Crippen LogP contribution in [0.1, 0.15) is 113 Å². The number of carbonyl (C=O) groups excluding carboxylic acids is 2. The first kappa shape index (κ1) is 41.2. The Hall–Kier alpha value is -1.98. The van der Waals surface area contributed by atoms with Gasteiger partial charge >= 0.3 is 27.1 Å². The first-order valence-electron chi connectivity index (χ1n) is 19.0. The molecule has 10 nitrogen and oxygen atoms in total. The quantitative estimate of drug-likeness (QED) is 0.0970. The lowest BCUT2D eigenvalue weighted by Gasteiger charge is -2.61. The molecule has 4 fully saturated rings. The van der Waals surface area contributed by atoms with E-state index < -0.39 is 21.2 Å². The fourth-order valence-electron chi connectivity index (χ4n) is 11.2. The summed E-state index contributed by atoms with van der Waals surface area (Å²) in [4.78, 5) is 25.9. The molecule has 0 bridgehead atoms. The Morgan fingerprint density at radius 3 is 2.04 bits per heavy atom. The highest BCUT2D eigenvalue weighted by molar-refractivity contribution is 7.53. The number of terminal acetylenes is 1. The van der Waals surface area contributed by atoms with Crippen LogP contribution < -0.4 is 0 Å². The molecule has 0 heterocycles. The molecule has 0 unspecified atom stereocenters. The van der Waals surface area contributed by atoms with Gasteiger partial charge in [0.05, 0.1) is 17.9 Å². The molecule has 0 amide bonds. The van der Waals surface area contributed by atoms with Crippen molar-refractivity contribution >= 4 is 27.1 Å². The molecular weight excluding hydrogens is 702 g/mol. The molecule has 1 aromatic rings. The summed E-state index contributed by atoms with van der Waals surface area (Å²) in [5, 5.41) is 0. The van der Waals surface area contributed by atoms with E-state index in [1.807, 2.05) is 0 Å². The lowest BCUT2D eigenvalue weighted by Crippen LogP contribution is -2.54. The molecular formula is C40H60O10P2. The topological polar surface area (TPSA) is 124 Å². The average molecular weight is 763 g/mol. The predicted octanol–water partition coefficient (Wildman–Crippen LogP) is 9.44. The minimum atomic E-state index is -3.45. The number of rotatable bonds is 15. The van der Waals surface area contributed by atoms with Gasteiger partial charge in [-0.2, -0.15) is 0 Å². The molecule has 0 aromatic heterocycles. The van der Waals surface area contributed by atoms with Crippen LogP contribution >= 0.6 is 15.2 Å². The maximum absolute atomic E-state index is 13.8. The summed E-state index contributed by atoms with van der Waals surface area (Å²) < 4.78 is 58.0. The van der Waals surface area contributed by atoms with Crippen LogP contribution in [0.25, 0.3) is 0 Å². The van der Waals surface area contributed by atoms with Crippen molar-refractivity contribution < 1.29 is 46.3 Å². The molecule has 290 valence electrons. The minimum absolute atomic E-state index is 0.0440. The average Bonchev–Trinajstić information content (AvgIpc) is 3.50. The van der Waals surface area contributed by atoms with Crippen LogP contribution in [0, 0.1) is 58.7 Å². The third-order valence-electron chi connectivity index (χ3n) is 13.9. The number of hydrogen-bond donors (Lipinski definition) is 0. The standard InChI is InChI=1S/C40H60O10P2/c1-9-20-49-37(41)15-10-27(2)34-13-14-35-33-12-11-31-24-32(16-18-39(31,3)36(33)17-19-40(34,35)4)50-38(42)30-22-28(25-51(43,45-5)46-6)21-29(23-30)26-52(44,47-7)48-8/h1,21-23,27,31-36H,10-20,24-26H2,2-8H3/t27-,31-,32-,33+,34-,35+,36+,39+,40-/m1/s1. The largest absolute Gasteiger partial charge is 0.459 e. The van der Waals surface area contributed by atoms with Crippen molar-refractivity contribution in [1.29, 1.82) is 0 Å². The molecule has 12 heteroatoms. The Morgan fingerprint density at radius 2 is 1.44 bits per heavy atom. The van der Waals surface area contributed by atoms with Crippen molar-refractivity contribution in [2.45, 2.75) is 110 Å². The Bertz CT molecular complexity index is 1530. The van der Waals surface area contributed by atoms with Crippen LogP contribution in [0.5, 0.6) is 0 Å². The fraction of sp³-hybridized carbons (Fsp3) is 0.750. The zero-order valence-electron chi connectivity index (χ0n) is 32.2. The van der Waals surface area contributed by atoms with Crippen molar-refractivity contribution in [2.75, 3.05) is 35.0 Å². The lowest BCUT2D eigenvalue weighted by molar-refractivity contribution is -0.143. The summed E-state index contributed by atoms with van der Waals surface area (Å²) in [5.74, 6) is 5.39. The van der Waals surface area contributed by atoms with E-state index in [0.29, 0.717) is 64.0 Å². The highest BCUT2D eigenvalue weighted by atomic mass is 31.2. The minimum Gasteiger partial charge on any atom is -0.459 e. The summed E-state index contributed by atoms with van der Waals surface area (Å²) in [5.41, 5.74) is 1.89. The van der Waals surface area contributed by atoms with E-state index in [-0.39, 0.29) is 36.4 Å². The fourth-order valence-corrected chi connectivity index (χ4v) is 13.3. The summed E-state index contributed by atoms with van der Waals surface area (Å²) in [6.45, 7) is 7.42. The van der Waals surface area contributed by atoms with Crippen LogP contribution in [-0.2, 0) is 53.8 Å². The summed E-state index contributed by atoms with van der Waals surface area (Å²) >= 11 is 0. The highest BCUT2D eigenvalue weighted by Crippen LogP contribution is 2.68. The molecule has 1 aromatic carbocycles. The molecule has 0 spiro atoms. The van der Waals surface area contributed by atoms with E-state index in [2.05, 4.69) is 26.7 Å². The normalized spacial score (nSPS) is 32.1. The van der Waals surface area contributed by atoms with Gasteiger partial charge in [-0.05, 0) is 134 Å². The molecule has 4 aliphatic carbocycles. The summed E-state index contributed by atoms with van der Waals surface area (Å²) in [6.07, 6.45) is 16.2. The lowest BCUT2D eigenvalue weighted by atomic mass is 9.44. The number of hydrogen-bond acceptors (Lipinski definition) is 10. The molecule has 52 heavy (non-hydrogen) atoms. The second-order valence-electron chi connectivity index (χ2n) is 16.4. The highest BCUT2D eigenvalue weighted by Gasteiger charge is 2.60. The van der Waals surface area contributed by atoms with Gasteiger partial charge in [-0.15, -0.1) is 6.42 Å². The SMILES string of the molecule is C#CCOC(=O)CC[C@@H](C)[C@H]1CC[C@H]2[C@@H]3CC[C@@H]4C[C@H](OC(=O)c5cc(CP(=O)(OC)OC)cc(CP(=O)(OC)OC)c5)CC[C@]4(C)[C@H]3CC[C@]12C. The Kier molecular flexibility index (Phi) is 13.3. The maximum Gasteiger partial charge on any atom is 0.338 e. The molecule has 0 radical (unpaired) electrons. The van der Waals surface area contributed by atoms with Gasteiger partial charge in [-0.1, -0.05) is 32.8 Å². The number of ether oxygens (including phenoxy) is 2. The third-order valence-corrected chi connectivity index (χ3v) is 17.7. The van der Waals surface area contributed by atoms with Crippen molar-refractivity contribution in [3.63, 3.8) is 0 Å². The van der Waals surface area contributed by atoms with Crippen molar-refractivity contribution in [1.82, 2.24) is 0 Å². The van der Waals surface area contributed by atoms with Gasteiger partial charge in [0.1, 0.15) is 6.10 Å². The van der Waals surface area contributed by atoms with Gasteiger partial charge in [0.25, 0.3) is 0 Å². The first-order chi connectivity index (χ1) is 24.7. The maximum atomic E-state index is 13.8. The number of benzene rings is 1. The van der Waals surface area contributed by atoms with E-state index in [1.54, 1.807) is 18.2 Å². The number of carbonyl (C=O) groups is 2. The van der Waals surface area contributed by atoms with Gasteiger partial charge in [-0.25, -0.2) is 4.79 Å². The Morgan fingerprint density at radius 1 is 0.846 bits per heavy atom. The molecule has 0 saturated heterocycles. The van der Waals surface area contributed by atoms with Gasteiger partial charge in [-0.3, -0.25) is 13.9 Å². The van der Waals surface area contributed by atoms with E-state index in [9.17, 15) is 18.7 Å². The number of fused-ring (bicyclic) bond motifs is 5. The second kappa shape index (κ2) is 16.8. The first-order valence-corrected chi connectivity index (χ1v) is 22.5. The van der Waals surface area contributed by atoms with Gasteiger partial charge in [0.15, 0.2) is 6.61 Å². The molecule has 4 aliphatic rings. The molecule has 0 aliphatic heterocycles. The van der Waals surface area contributed by atoms with Crippen LogP contribution in [0.15, 0.2) is 18.2 Å². The van der Waals surface area contributed by atoms with E-state index in [1.165, 1.54) is 60.5 Å². The van der Waals surface area contributed by atoms with Gasteiger partial charge < -0.3 is 27.6 Å². The summed E-state index contributed by atoms with van der Waals surface area (Å²) in [7, 11) is -1.61. The second-order valence-corrected chi connectivity index (χ2v) is 20.9. The van der Waals surface area contributed by atoms with Crippen LogP contribution in [-0.4, -0.2) is 53.1 Å². The third kappa shape index (κ3) is 8.61. The van der Waals surface area contributed by atoms with E-state index in [0.717, 1.165) is 32.1 Å². The zero-order valence-corrected chi connectivity index (χ0v) is 34.0. The van der Waals surface area contributed by atoms with Gasteiger partial charge in [0, 0.05) is 34.9 Å². The molecule has 9 atom stereocenters. The summed E-state index contributed by atoms with van der Waals surface area (Å²) in [6, 6.07) is 5.02. The van der Waals surface area contributed by atoms with Crippen molar-refractivity contribution in [3.05, 3.63) is 34.9 Å². The van der Waals surface area contributed by atoms with E-state index >= 15 is 0 Å². The van der Waals surface area contributed by atoms with Crippen molar-refractivity contribution in [3.8, 4) is 12.3 Å². The van der Waals surface area contributed by atoms with E-state index in [4.69, 9.17) is 34.0 Å². The van der Waals surface area contributed by atoms with Crippen molar-refractivity contribution in [2.24, 2.45) is 46.3 Å². The Labute approximate surface area is 311 Å². The van der Waals surface area contributed by atoms with Gasteiger partial charge in [0.2, 0.25) is 0 Å². The van der Waals surface area contributed by atoms with Crippen LogP contribution in [0.3, 0.4) is 0 Å². The number of esters is 2. The molecule has 5 rings (SSSR count). The monoisotopic (exact) mass is 762 g/mol. The zero-order chi connectivity index (χ0) is 37.9. The molecule has 0 N–H and O–H groups in total. The van der Waals surface area contributed by atoms with Crippen LogP contribution in [0.2, 0.25) is 0 Å². The Balaban J connectivity index is 1.25. The van der Waals surface area contributed by atoms with Crippen LogP contribution in [0.4, 0.5) is 0 Å². The molecule has 4 saturated carbocycles.